The highest BCUT2D eigenvalue weighted by Crippen LogP contribution is 2.21. The zero-order valence-electron chi connectivity index (χ0n) is 7.11. The molecule has 0 unspecified atom stereocenters. The van der Waals surface area contributed by atoms with E-state index in [-0.39, 0.29) is 5.02 Å². The summed E-state index contributed by atoms with van der Waals surface area (Å²) in [6, 6.07) is 6.12. The maximum Gasteiger partial charge on any atom is 0.159 e. The van der Waals surface area contributed by atoms with Gasteiger partial charge >= 0.3 is 0 Å². The maximum absolute atomic E-state index is 12.8. The number of hydrogen-bond donors (Lipinski definition) is 0. The molecule has 4 heteroatoms. The molecule has 14 heavy (non-hydrogen) atoms. The molecule has 2 aromatic rings. The normalized spacial score (nSPS) is 10.1. The van der Waals surface area contributed by atoms with E-state index in [0.29, 0.717) is 11.4 Å². The third kappa shape index (κ3) is 1.72. The van der Waals surface area contributed by atoms with Crippen molar-refractivity contribution in [1.29, 1.82) is 0 Å². The number of halogens is 2. The van der Waals surface area contributed by atoms with Gasteiger partial charge in [-0.05, 0) is 24.3 Å². The van der Waals surface area contributed by atoms with Crippen molar-refractivity contribution in [3.63, 3.8) is 0 Å². The highest BCUT2D eigenvalue weighted by Gasteiger charge is 2.03. The Morgan fingerprint density at radius 1 is 1.14 bits per heavy atom. The first kappa shape index (κ1) is 9.09. The van der Waals surface area contributed by atoms with E-state index >= 15 is 0 Å². The van der Waals surface area contributed by atoms with E-state index in [4.69, 9.17) is 11.6 Å². The molecule has 1 aromatic heterocycles. The van der Waals surface area contributed by atoms with Crippen LogP contribution in [0.3, 0.4) is 0 Å². The predicted molar refractivity (Wildman–Crippen MR) is 52.4 cm³/mol. The second-order valence-electron chi connectivity index (χ2n) is 2.70. The number of nitrogens with zero attached hydrogens (tertiary/aromatic N) is 2. The Morgan fingerprint density at radius 2 is 1.86 bits per heavy atom. The Labute approximate surface area is 85.4 Å². The molecule has 0 bridgehead atoms. The topological polar surface area (TPSA) is 25.8 Å². The fourth-order valence-electron chi connectivity index (χ4n) is 1.08. The van der Waals surface area contributed by atoms with Gasteiger partial charge in [-0.3, -0.25) is 0 Å². The molecule has 0 atom stereocenters. The molecular weight excluding hydrogens is 203 g/mol. The van der Waals surface area contributed by atoms with Crippen LogP contribution in [0, 0.1) is 5.82 Å². The molecule has 0 radical (unpaired) electrons. The van der Waals surface area contributed by atoms with Crippen molar-refractivity contribution in [2.75, 3.05) is 0 Å². The number of hydrogen-bond acceptors (Lipinski definition) is 2. The highest BCUT2D eigenvalue weighted by molar-refractivity contribution is 6.31. The van der Waals surface area contributed by atoms with E-state index in [0.717, 1.165) is 0 Å². The van der Waals surface area contributed by atoms with Gasteiger partial charge in [0.2, 0.25) is 0 Å². The lowest BCUT2D eigenvalue weighted by atomic mass is 10.2. The zero-order valence-corrected chi connectivity index (χ0v) is 7.87. The van der Waals surface area contributed by atoms with Gasteiger partial charge in [0, 0.05) is 18.0 Å². The Kier molecular flexibility index (Phi) is 2.41. The van der Waals surface area contributed by atoms with E-state index in [1.165, 1.54) is 12.1 Å². The zero-order chi connectivity index (χ0) is 9.97. The molecule has 0 saturated heterocycles. The van der Waals surface area contributed by atoms with Crippen molar-refractivity contribution in [3.05, 3.63) is 47.5 Å². The SMILES string of the molecule is Fc1ccc(-c2ncccn2)cc1Cl. The van der Waals surface area contributed by atoms with Crippen LogP contribution in [0.15, 0.2) is 36.7 Å². The summed E-state index contributed by atoms with van der Waals surface area (Å²) in [6.45, 7) is 0. The summed E-state index contributed by atoms with van der Waals surface area (Å²) in [5.41, 5.74) is 0.706. The lowest BCUT2D eigenvalue weighted by Gasteiger charge is -1.99. The van der Waals surface area contributed by atoms with E-state index in [2.05, 4.69) is 9.97 Å². The van der Waals surface area contributed by atoms with Crippen LogP contribution in [0.25, 0.3) is 11.4 Å². The minimum absolute atomic E-state index is 0.0787. The van der Waals surface area contributed by atoms with Crippen molar-refractivity contribution in [2.24, 2.45) is 0 Å². The molecule has 0 aliphatic carbocycles. The Morgan fingerprint density at radius 3 is 2.50 bits per heavy atom. The monoisotopic (exact) mass is 208 g/mol. The van der Waals surface area contributed by atoms with Gasteiger partial charge in [0.25, 0.3) is 0 Å². The molecule has 1 aromatic carbocycles. The van der Waals surface area contributed by atoms with Crippen molar-refractivity contribution in [1.82, 2.24) is 9.97 Å². The number of rotatable bonds is 1. The lowest BCUT2D eigenvalue weighted by molar-refractivity contribution is 0.628. The van der Waals surface area contributed by atoms with Gasteiger partial charge in [-0.1, -0.05) is 11.6 Å². The average molecular weight is 209 g/mol. The van der Waals surface area contributed by atoms with Crippen LogP contribution in [-0.2, 0) is 0 Å². The number of aromatic nitrogens is 2. The molecule has 0 amide bonds. The molecule has 0 saturated carbocycles. The second-order valence-corrected chi connectivity index (χ2v) is 3.11. The fourth-order valence-corrected chi connectivity index (χ4v) is 1.26. The summed E-state index contributed by atoms with van der Waals surface area (Å²) in [6.07, 6.45) is 3.25. The molecule has 0 aliphatic heterocycles. The first-order valence-corrected chi connectivity index (χ1v) is 4.37. The minimum atomic E-state index is -0.439. The minimum Gasteiger partial charge on any atom is -0.237 e. The van der Waals surface area contributed by atoms with Crippen LogP contribution >= 0.6 is 11.6 Å². The average Bonchev–Trinajstić information content (AvgIpc) is 2.23. The van der Waals surface area contributed by atoms with Gasteiger partial charge in [0.1, 0.15) is 5.82 Å². The van der Waals surface area contributed by atoms with Gasteiger partial charge in [-0.25, -0.2) is 14.4 Å². The van der Waals surface area contributed by atoms with Crippen molar-refractivity contribution in [2.45, 2.75) is 0 Å². The van der Waals surface area contributed by atoms with Crippen LogP contribution in [0.4, 0.5) is 4.39 Å². The van der Waals surface area contributed by atoms with Gasteiger partial charge < -0.3 is 0 Å². The van der Waals surface area contributed by atoms with Gasteiger partial charge in [0.15, 0.2) is 5.82 Å². The number of benzene rings is 1. The third-order valence-corrected chi connectivity index (χ3v) is 2.03. The van der Waals surface area contributed by atoms with Gasteiger partial charge in [0.05, 0.1) is 5.02 Å². The van der Waals surface area contributed by atoms with Crippen molar-refractivity contribution in [3.8, 4) is 11.4 Å². The van der Waals surface area contributed by atoms with Crippen LogP contribution in [0.2, 0.25) is 5.02 Å². The lowest BCUT2D eigenvalue weighted by Crippen LogP contribution is -1.87. The van der Waals surface area contributed by atoms with Crippen molar-refractivity contribution < 1.29 is 4.39 Å². The first-order chi connectivity index (χ1) is 6.77. The maximum atomic E-state index is 12.8. The molecule has 0 aliphatic rings. The van der Waals surface area contributed by atoms with Gasteiger partial charge in [-0.15, -0.1) is 0 Å². The summed E-state index contributed by atoms with van der Waals surface area (Å²) in [7, 11) is 0. The molecule has 2 nitrogen and oxygen atoms in total. The molecule has 0 fully saturated rings. The standard InChI is InChI=1S/C10H6ClFN2/c11-8-6-7(2-3-9(8)12)10-13-4-1-5-14-10/h1-6H. The molecule has 0 spiro atoms. The van der Waals surface area contributed by atoms with Gasteiger partial charge in [-0.2, -0.15) is 0 Å². The summed E-state index contributed by atoms with van der Waals surface area (Å²) in [5, 5.41) is 0.0787. The van der Waals surface area contributed by atoms with E-state index in [9.17, 15) is 4.39 Å². The Balaban J connectivity index is 2.48. The molecule has 2 rings (SSSR count). The molecule has 1 heterocycles. The Hall–Kier alpha value is -1.48. The van der Waals surface area contributed by atoms with E-state index < -0.39 is 5.82 Å². The van der Waals surface area contributed by atoms with Crippen LogP contribution in [0.1, 0.15) is 0 Å². The second kappa shape index (κ2) is 3.72. The summed E-state index contributed by atoms with van der Waals surface area (Å²) < 4.78 is 12.8. The van der Waals surface area contributed by atoms with Crippen LogP contribution in [-0.4, -0.2) is 9.97 Å². The first-order valence-electron chi connectivity index (χ1n) is 4.00. The van der Waals surface area contributed by atoms with Crippen LogP contribution < -0.4 is 0 Å². The van der Waals surface area contributed by atoms with E-state index in [1.54, 1.807) is 24.5 Å². The largest absolute Gasteiger partial charge is 0.237 e. The summed E-state index contributed by atoms with van der Waals surface area (Å²) >= 11 is 5.63. The summed E-state index contributed by atoms with van der Waals surface area (Å²) in [5.74, 6) is 0.0979. The fraction of sp³-hybridized carbons (Fsp3) is 0. The van der Waals surface area contributed by atoms with Crippen molar-refractivity contribution >= 4 is 11.6 Å². The summed E-state index contributed by atoms with van der Waals surface area (Å²) in [4.78, 5) is 8.06. The quantitative estimate of drug-likeness (QED) is 0.720. The smallest absolute Gasteiger partial charge is 0.159 e. The third-order valence-electron chi connectivity index (χ3n) is 1.74. The Bertz CT molecular complexity index is 445. The molecular formula is C10H6ClFN2. The van der Waals surface area contributed by atoms with Crippen LogP contribution in [0.5, 0.6) is 0 Å². The van der Waals surface area contributed by atoms with E-state index in [1.807, 2.05) is 0 Å². The molecule has 70 valence electrons. The predicted octanol–water partition coefficient (Wildman–Crippen LogP) is 2.94. The molecule has 0 N–H and O–H groups in total. The highest BCUT2D eigenvalue weighted by atomic mass is 35.5.